The van der Waals surface area contributed by atoms with E-state index in [0.29, 0.717) is 0 Å². The Morgan fingerprint density at radius 1 is 1.30 bits per heavy atom. The van der Waals surface area contributed by atoms with Crippen molar-refractivity contribution in [3.8, 4) is 0 Å². The number of nitrogens with one attached hydrogen (secondary N) is 1. The highest BCUT2D eigenvalue weighted by molar-refractivity contribution is 6.11. The summed E-state index contributed by atoms with van der Waals surface area (Å²) in [5, 5.41) is 8.82. The molecule has 0 spiro atoms. The Hall–Kier alpha value is -2.51. The molecule has 0 unspecified atom stereocenters. The molecule has 2 aromatic rings. The summed E-state index contributed by atoms with van der Waals surface area (Å²) in [4.78, 5) is 24.5. The maximum absolute atomic E-state index is 12.9. The van der Waals surface area contributed by atoms with E-state index in [1.807, 2.05) is 4.98 Å². The van der Waals surface area contributed by atoms with Crippen molar-refractivity contribution >= 4 is 22.8 Å². The summed E-state index contributed by atoms with van der Waals surface area (Å²) in [6.45, 7) is 0. The van der Waals surface area contributed by atoms with Crippen molar-refractivity contribution in [3.05, 3.63) is 35.0 Å². The molecule has 1 aromatic heterocycles. The van der Waals surface area contributed by atoms with Crippen molar-refractivity contribution in [2.45, 2.75) is 6.18 Å². The van der Waals surface area contributed by atoms with Gasteiger partial charge in [-0.2, -0.15) is 13.2 Å². The van der Waals surface area contributed by atoms with Crippen molar-refractivity contribution in [2.24, 2.45) is 0 Å². The fraction of sp³-hybridized carbons (Fsp3) is 0.167. The minimum absolute atomic E-state index is 0.149. The summed E-state index contributed by atoms with van der Waals surface area (Å²) in [6, 6.07) is 3.62. The van der Waals surface area contributed by atoms with E-state index in [-0.39, 0.29) is 16.5 Å². The molecule has 0 fully saturated rings. The van der Waals surface area contributed by atoms with E-state index in [9.17, 15) is 22.8 Å². The third kappa shape index (κ3) is 2.09. The monoisotopic (exact) mass is 287 g/mol. The first-order valence-corrected chi connectivity index (χ1v) is 5.31. The molecule has 1 aromatic carbocycles. The van der Waals surface area contributed by atoms with Crippen molar-refractivity contribution in [2.75, 3.05) is 7.11 Å². The molecule has 0 aliphatic carbocycles. The summed E-state index contributed by atoms with van der Waals surface area (Å²) < 4.78 is 43.1. The lowest BCUT2D eigenvalue weighted by atomic mass is 10.1. The van der Waals surface area contributed by atoms with E-state index in [1.54, 1.807) is 0 Å². The Bertz CT molecular complexity index is 703. The van der Waals surface area contributed by atoms with Crippen LogP contribution in [0.1, 0.15) is 26.4 Å². The summed E-state index contributed by atoms with van der Waals surface area (Å²) in [5.74, 6) is -2.59. The average molecular weight is 287 g/mol. The van der Waals surface area contributed by atoms with Crippen LogP contribution < -0.4 is 0 Å². The highest BCUT2D eigenvalue weighted by Crippen LogP contribution is 2.36. The quantitative estimate of drug-likeness (QED) is 0.832. The molecule has 0 aliphatic rings. The number of carboxylic acid groups (broad SMARTS) is 1. The minimum atomic E-state index is -4.84. The van der Waals surface area contributed by atoms with Gasteiger partial charge >= 0.3 is 18.1 Å². The fourth-order valence-electron chi connectivity index (χ4n) is 1.92. The molecule has 0 amide bonds. The SMILES string of the molecule is COC(=O)c1c(C(F)(F)F)[nH]c2c(C(=O)O)cccc12. The molecule has 8 heteroatoms. The predicted octanol–water partition coefficient (Wildman–Crippen LogP) is 2.67. The van der Waals surface area contributed by atoms with Crippen molar-refractivity contribution in [1.82, 2.24) is 4.98 Å². The van der Waals surface area contributed by atoms with E-state index in [4.69, 9.17) is 5.11 Å². The van der Waals surface area contributed by atoms with Gasteiger partial charge in [0.2, 0.25) is 0 Å². The van der Waals surface area contributed by atoms with Crippen LogP contribution in [0.2, 0.25) is 0 Å². The van der Waals surface area contributed by atoms with Crippen molar-refractivity contribution < 1.29 is 32.6 Å². The van der Waals surface area contributed by atoms with Crippen LogP contribution in [0.5, 0.6) is 0 Å². The van der Waals surface area contributed by atoms with Gasteiger partial charge in [0.05, 0.1) is 23.8 Å². The van der Waals surface area contributed by atoms with E-state index < -0.39 is 29.4 Å². The number of hydrogen-bond donors (Lipinski definition) is 2. The number of rotatable bonds is 2. The molecule has 0 saturated heterocycles. The lowest BCUT2D eigenvalue weighted by Gasteiger charge is -2.06. The smallest absolute Gasteiger partial charge is 0.432 e. The van der Waals surface area contributed by atoms with Gasteiger partial charge in [-0.3, -0.25) is 0 Å². The number of carboxylic acids is 1. The number of methoxy groups -OCH3 is 1. The predicted molar refractivity (Wildman–Crippen MR) is 61.6 cm³/mol. The molecule has 20 heavy (non-hydrogen) atoms. The number of aromatic carboxylic acids is 1. The number of carbonyl (C=O) groups is 2. The largest absolute Gasteiger partial charge is 0.478 e. The van der Waals surface area contributed by atoms with Crippen LogP contribution in [0.3, 0.4) is 0 Å². The molecule has 0 atom stereocenters. The molecule has 1 heterocycles. The van der Waals surface area contributed by atoms with Crippen LogP contribution in [0.4, 0.5) is 13.2 Å². The van der Waals surface area contributed by atoms with Gasteiger partial charge in [0.25, 0.3) is 0 Å². The van der Waals surface area contributed by atoms with Crippen LogP contribution >= 0.6 is 0 Å². The number of hydrogen-bond acceptors (Lipinski definition) is 3. The Kier molecular flexibility index (Phi) is 3.16. The third-order valence-corrected chi connectivity index (χ3v) is 2.74. The van der Waals surface area contributed by atoms with Gasteiger partial charge in [0.15, 0.2) is 0 Å². The second-order valence-electron chi connectivity index (χ2n) is 3.90. The Balaban J connectivity index is 2.89. The fourth-order valence-corrected chi connectivity index (χ4v) is 1.92. The first kappa shape index (κ1) is 13.9. The number of esters is 1. The standard InChI is InChI=1S/C12H8F3NO4/c1-20-11(19)7-5-3-2-4-6(10(17)18)8(5)16-9(7)12(13,14)15/h2-4,16H,1H3,(H,17,18). The lowest BCUT2D eigenvalue weighted by Crippen LogP contribution is -2.13. The van der Waals surface area contributed by atoms with E-state index >= 15 is 0 Å². The molecule has 0 aliphatic heterocycles. The van der Waals surface area contributed by atoms with Gasteiger partial charge in [0, 0.05) is 5.39 Å². The van der Waals surface area contributed by atoms with Crippen LogP contribution in [0.25, 0.3) is 10.9 Å². The summed E-state index contributed by atoms with van der Waals surface area (Å²) in [5.41, 5.74) is -2.68. The number of carbonyl (C=O) groups excluding carboxylic acids is 1. The Morgan fingerprint density at radius 3 is 2.45 bits per heavy atom. The van der Waals surface area contributed by atoms with Gasteiger partial charge in [-0.1, -0.05) is 12.1 Å². The van der Waals surface area contributed by atoms with E-state index in [0.717, 1.165) is 13.2 Å². The topological polar surface area (TPSA) is 79.4 Å². The van der Waals surface area contributed by atoms with Crippen molar-refractivity contribution in [3.63, 3.8) is 0 Å². The number of alkyl halides is 3. The molecule has 5 nitrogen and oxygen atoms in total. The number of fused-ring (bicyclic) bond motifs is 1. The first-order chi connectivity index (χ1) is 9.27. The molecule has 0 bridgehead atoms. The lowest BCUT2D eigenvalue weighted by molar-refractivity contribution is -0.141. The zero-order valence-electron chi connectivity index (χ0n) is 10.0. The second kappa shape index (κ2) is 4.55. The highest BCUT2D eigenvalue weighted by Gasteiger charge is 2.39. The normalized spacial score (nSPS) is 11.6. The molecular formula is C12H8F3NO4. The van der Waals surface area contributed by atoms with Crippen LogP contribution in [0, 0.1) is 0 Å². The van der Waals surface area contributed by atoms with Gasteiger partial charge < -0.3 is 14.8 Å². The van der Waals surface area contributed by atoms with Gasteiger partial charge in [-0.05, 0) is 6.07 Å². The number of ether oxygens (including phenoxy) is 1. The number of aromatic amines is 1. The second-order valence-corrected chi connectivity index (χ2v) is 3.90. The average Bonchev–Trinajstić information content (AvgIpc) is 2.76. The minimum Gasteiger partial charge on any atom is -0.478 e. The molecule has 106 valence electrons. The third-order valence-electron chi connectivity index (χ3n) is 2.74. The molecule has 2 rings (SSSR count). The zero-order valence-corrected chi connectivity index (χ0v) is 10.0. The summed E-state index contributed by atoms with van der Waals surface area (Å²) >= 11 is 0. The van der Waals surface area contributed by atoms with Crippen LogP contribution in [0.15, 0.2) is 18.2 Å². The molecular weight excluding hydrogens is 279 g/mol. The number of aromatic nitrogens is 1. The maximum Gasteiger partial charge on any atom is 0.432 e. The zero-order chi connectivity index (χ0) is 15.1. The van der Waals surface area contributed by atoms with E-state index in [1.165, 1.54) is 12.1 Å². The Labute approximate surface area is 110 Å². The first-order valence-electron chi connectivity index (χ1n) is 5.31. The molecule has 2 N–H and O–H groups in total. The molecule has 0 saturated carbocycles. The summed E-state index contributed by atoms with van der Waals surface area (Å²) in [7, 11) is 0.947. The van der Waals surface area contributed by atoms with Gasteiger partial charge in [-0.15, -0.1) is 0 Å². The maximum atomic E-state index is 12.9. The van der Waals surface area contributed by atoms with Crippen LogP contribution in [-0.4, -0.2) is 29.1 Å². The number of benzene rings is 1. The molecule has 0 radical (unpaired) electrons. The number of para-hydroxylation sites is 1. The number of H-pyrrole nitrogens is 1. The van der Waals surface area contributed by atoms with Gasteiger partial charge in [0.1, 0.15) is 5.69 Å². The van der Waals surface area contributed by atoms with Crippen molar-refractivity contribution in [1.29, 1.82) is 0 Å². The number of halogens is 3. The summed E-state index contributed by atoms with van der Waals surface area (Å²) in [6.07, 6.45) is -4.84. The van der Waals surface area contributed by atoms with E-state index in [2.05, 4.69) is 4.74 Å². The van der Waals surface area contributed by atoms with Gasteiger partial charge in [-0.25, -0.2) is 9.59 Å². The van der Waals surface area contributed by atoms with Crippen LogP contribution in [-0.2, 0) is 10.9 Å². The Morgan fingerprint density at radius 2 is 1.95 bits per heavy atom. The highest BCUT2D eigenvalue weighted by atomic mass is 19.4.